The Bertz CT molecular complexity index is 545. The van der Waals surface area contributed by atoms with Gasteiger partial charge >= 0.3 is 5.97 Å². The minimum Gasteiger partial charge on any atom is -0.481 e. The molecule has 0 bridgehead atoms. The van der Waals surface area contributed by atoms with Crippen molar-refractivity contribution in [3.63, 3.8) is 0 Å². The van der Waals surface area contributed by atoms with Crippen LogP contribution in [0, 0.1) is 0 Å². The molecular formula is C13H13NO3S. The Labute approximate surface area is 108 Å². The van der Waals surface area contributed by atoms with Gasteiger partial charge in [0.25, 0.3) is 0 Å². The maximum absolute atomic E-state index is 12.5. The van der Waals surface area contributed by atoms with Crippen molar-refractivity contribution in [1.82, 2.24) is 4.98 Å². The van der Waals surface area contributed by atoms with Crippen molar-refractivity contribution in [3.8, 4) is 0 Å². The first kappa shape index (κ1) is 12.6. The van der Waals surface area contributed by atoms with Crippen molar-refractivity contribution in [3.05, 3.63) is 46.4 Å². The van der Waals surface area contributed by atoms with Crippen LogP contribution >= 0.6 is 11.3 Å². The Morgan fingerprint density at radius 2 is 2.17 bits per heavy atom. The molecule has 0 amide bonds. The highest BCUT2D eigenvalue weighted by molar-refractivity contribution is 7.12. The first-order valence-electron chi connectivity index (χ1n) is 5.48. The van der Waals surface area contributed by atoms with Gasteiger partial charge in [-0.1, -0.05) is 6.07 Å². The second-order valence-corrected chi connectivity index (χ2v) is 5.24. The SMILES string of the molecule is CC(CC(=O)O)(C(=O)c1cccs1)c1ccc[nH]1. The Balaban J connectivity index is 2.43. The first-order chi connectivity index (χ1) is 8.54. The molecule has 1 unspecified atom stereocenters. The molecule has 0 aliphatic rings. The predicted molar refractivity (Wildman–Crippen MR) is 69.0 cm³/mol. The normalized spacial score (nSPS) is 14.1. The lowest BCUT2D eigenvalue weighted by Gasteiger charge is -2.24. The second-order valence-electron chi connectivity index (χ2n) is 4.29. The highest BCUT2D eigenvalue weighted by Crippen LogP contribution is 2.32. The number of carbonyl (C=O) groups is 2. The van der Waals surface area contributed by atoms with E-state index in [2.05, 4.69) is 4.98 Å². The molecule has 2 rings (SSSR count). The third kappa shape index (κ3) is 2.22. The van der Waals surface area contributed by atoms with Gasteiger partial charge in [0.1, 0.15) is 0 Å². The maximum Gasteiger partial charge on any atom is 0.304 e. The summed E-state index contributed by atoms with van der Waals surface area (Å²) in [7, 11) is 0. The fraction of sp³-hybridized carbons (Fsp3) is 0.231. The summed E-state index contributed by atoms with van der Waals surface area (Å²) in [6, 6.07) is 7.01. The molecule has 0 aliphatic heterocycles. The average Bonchev–Trinajstić information content (AvgIpc) is 3.00. The van der Waals surface area contributed by atoms with Gasteiger partial charge < -0.3 is 10.1 Å². The van der Waals surface area contributed by atoms with Crippen LogP contribution in [0.2, 0.25) is 0 Å². The number of carboxylic acid groups (broad SMARTS) is 1. The second kappa shape index (κ2) is 4.78. The van der Waals surface area contributed by atoms with E-state index < -0.39 is 11.4 Å². The average molecular weight is 263 g/mol. The molecule has 1 atom stereocenters. The van der Waals surface area contributed by atoms with Gasteiger partial charge in [0.2, 0.25) is 0 Å². The van der Waals surface area contributed by atoms with Gasteiger partial charge in [-0.15, -0.1) is 11.3 Å². The molecule has 94 valence electrons. The topological polar surface area (TPSA) is 70.2 Å². The van der Waals surface area contributed by atoms with Crippen LogP contribution in [-0.2, 0) is 10.2 Å². The van der Waals surface area contributed by atoms with Gasteiger partial charge in [-0.2, -0.15) is 0 Å². The number of thiophene rings is 1. The highest BCUT2D eigenvalue weighted by Gasteiger charge is 2.39. The predicted octanol–water partition coefficient (Wildman–Crippen LogP) is 2.69. The van der Waals surface area contributed by atoms with E-state index in [9.17, 15) is 9.59 Å². The molecule has 0 aromatic carbocycles. The molecule has 0 radical (unpaired) electrons. The summed E-state index contributed by atoms with van der Waals surface area (Å²) in [5.74, 6) is -1.15. The van der Waals surface area contributed by atoms with Gasteiger partial charge in [-0.05, 0) is 30.5 Å². The summed E-state index contributed by atoms with van der Waals surface area (Å²) >= 11 is 1.33. The van der Waals surface area contributed by atoms with Gasteiger partial charge in [-0.3, -0.25) is 9.59 Å². The van der Waals surface area contributed by atoms with E-state index in [1.54, 1.807) is 37.4 Å². The van der Waals surface area contributed by atoms with Crippen LogP contribution in [0.4, 0.5) is 0 Å². The van der Waals surface area contributed by atoms with E-state index in [4.69, 9.17) is 5.11 Å². The Kier molecular flexibility index (Phi) is 3.34. The monoisotopic (exact) mass is 263 g/mol. The van der Waals surface area contributed by atoms with Crippen molar-refractivity contribution in [2.45, 2.75) is 18.8 Å². The molecule has 0 spiro atoms. The van der Waals surface area contributed by atoms with Crippen molar-refractivity contribution in [2.75, 3.05) is 0 Å². The number of carbonyl (C=O) groups excluding carboxylic acids is 1. The summed E-state index contributed by atoms with van der Waals surface area (Å²) in [5, 5.41) is 10.8. The number of hydrogen-bond acceptors (Lipinski definition) is 3. The van der Waals surface area contributed by atoms with Crippen LogP contribution in [0.1, 0.15) is 28.7 Å². The van der Waals surface area contributed by atoms with Gasteiger partial charge in [0.05, 0.1) is 16.7 Å². The number of nitrogens with one attached hydrogen (secondary N) is 1. The standard InChI is InChI=1S/C13H13NO3S/c1-13(8-11(15)16,10-5-2-6-14-10)12(17)9-4-3-7-18-9/h2-7,14H,8H2,1H3,(H,15,16). The van der Waals surface area contributed by atoms with Crippen molar-refractivity contribution in [2.24, 2.45) is 0 Å². The van der Waals surface area contributed by atoms with Gasteiger partial charge in [0, 0.05) is 11.9 Å². The van der Waals surface area contributed by atoms with Crippen molar-refractivity contribution in [1.29, 1.82) is 0 Å². The zero-order valence-electron chi connectivity index (χ0n) is 9.84. The number of hydrogen-bond donors (Lipinski definition) is 2. The number of carboxylic acids is 1. The molecule has 18 heavy (non-hydrogen) atoms. The molecule has 2 aromatic rings. The minimum absolute atomic E-state index is 0.164. The molecule has 2 heterocycles. The van der Waals surface area contributed by atoms with Crippen molar-refractivity contribution < 1.29 is 14.7 Å². The first-order valence-corrected chi connectivity index (χ1v) is 6.36. The summed E-state index contributed by atoms with van der Waals surface area (Å²) in [6.45, 7) is 1.66. The zero-order chi connectivity index (χ0) is 13.2. The van der Waals surface area contributed by atoms with E-state index in [0.717, 1.165) is 0 Å². The van der Waals surface area contributed by atoms with Crippen LogP contribution in [0.25, 0.3) is 0 Å². The molecule has 0 aliphatic carbocycles. The Morgan fingerprint density at radius 3 is 2.67 bits per heavy atom. The molecule has 2 N–H and O–H groups in total. The lowest BCUT2D eigenvalue weighted by Crippen LogP contribution is -2.35. The van der Waals surface area contributed by atoms with Gasteiger partial charge in [-0.25, -0.2) is 0 Å². The number of aliphatic carboxylic acids is 1. The Hall–Kier alpha value is -1.88. The van der Waals surface area contributed by atoms with Crippen LogP contribution in [0.5, 0.6) is 0 Å². The van der Waals surface area contributed by atoms with E-state index in [-0.39, 0.29) is 12.2 Å². The third-order valence-electron chi connectivity index (χ3n) is 2.94. The summed E-state index contributed by atoms with van der Waals surface area (Å²) in [4.78, 5) is 27.0. The lowest BCUT2D eigenvalue weighted by atomic mass is 9.78. The molecule has 0 saturated heterocycles. The van der Waals surface area contributed by atoms with Crippen LogP contribution in [-0.4, -0.2) is 21.8 Å². The quantitative estimate of drug-likeness (QED) is 0.815. The summed E-state index contributed by atoms with van der Waals surface area (Å²) in [5.41, 5.74) is -0.427. The summed E-state index contributed by atoms with van der Waals surface area (Å²) < 4.78 is 0. The van der Waals surface area contributed by atoms with Crippen molar-refractivity contribution >= 4 is 23.1 Å². The number of rotatable bonds is 5. The molecule has 4 nitrogen and oxygen atoms in total. The fourth-order valence-electron chi connectivity index (χ4n) is 1.95. The lowest BCUT2D eigenvalue weighted by molar-refractivity contribution is -0.138. The number of aromatic amines is 1. The molecule has 2 aromatic heterocycles. The molecule has 0 fully saturated rings. The van der Waals surface area contributed by atoms with E-state index in [1.165, 1.54) is 11.3 Å². The zero-order valence-corrected chi connectivity index (χ0v) is 10.7. The minimum atomic E-state index is -1.06. The number of H-pyrrole nitrogens is 1. The molecule has 5 heteroatoms. The Morgan fingerprint density at radius 1 is 1.39 bits per heavy atom. The highest BCUT2D eigenvalue weighted by atomic mass is 32.1. The largest absolute Gasteiger partial charge is 0.481 e. The molecular weight excluding hydrogens is 250 g/mol. The third-order valence-corrected chi connectivity index (χ3v) is 3.81. The number of aromatic nitrogens is 1. The van der Waals surface area contributed by atoms with E-state index >= 15 is 0 Å². The number of ketones is 1. The fourth-order valence-corrected chi connectivity index (χ4v) is 2.75. The maximum atomic E-state index is 12.5. The van der Waals surface area contributed by atoms with Gasteiger partial charge in [0.15, 0.2) is 5.78 Å². The number of Topliss-reactive ketones (excluding diaryl/α,β-unsaturated/α-hetero) is 1. The molecule has 0 saturated carbocycles. The van der Waals surface area contributed by atoms with E-state index in [1.807, 2.05) is 5.38 Å². The van der Waals surface area contributed by atoms with Crippen LogP contribution in [0.15, 0.2) is 35.8 Å². The van der Waals surface area contributed by atoms with Crippen LogP contribution < -0.4 is 0 Å². The smallest absolute Gasteiger partial charge is 0.304 e. The van der Waals surface area contributed by atoms with Crippen LogP contribution in [0.3, 0.4) is 0 Å². The summed E-state index contributed by atoms with van der Waals surface area (Å²) in [6.07, 6.45) is 1.46. The van der Waals surface area contributed by atoms with E-state index in [0.29, 0.717) is 10.6 Å².